The highest BCUT2D eigenvalue weighted by Gasteiger charge is 2.20. The quantitative estimate of drug-likeness (QED) is 0.453. The second kappa shape index (κ2) is 6.02. The number of ether oxygens (including phenoxy) is 1. The number of hydrogen-bond acceptors (Lipinski definition) is 6. The van der Waals surface area contributed by atoms with Crippen molar-refractivity contribution in [2.24, 2.45) is 0 Å². The van der Waals surface area contributed by atoms with E-state index in [0.717, 1.165) is 12.1 Å². The standard InChI is InChI=1S/C11H5BrClN3O5/c12-7-2-1-6(15(17)18)5-9(7)21-11-8(16(19)20)3-4-10(13)14-11/h1-5H. The molecule has 0 aliphatic rings. The van der Waals surface area contributed by atoms with Crippen molar-refractivity contribution in [1.82, 2.24) is 4.98 Å². The molecule has 0 fully saturated rings. The van der Waals surface area contributed by atoms with Crippen LogP contribution in [-0.4, -0.2) is 14.8 Å². The first kappa shape index (κ1) is 15.1. The van der Waals surface area contributed by atoms with Crippen molar-refractivity contribution in [2.45, 2.75) is 0 Å². The first-order valence-electron chi connectivity index (χ1n) is 5.31. The highest BCUT2D eigenvalue weighted by molar-refractivity contribution is 9.10. The van der Waals surface area contributed by atoms with Gasteiger partial charge in [-0.1, -0.05) is 11.6 Å². The Balaban J connectivity index is 2.47. The first-order valence-corrected chi connectivity index (χ1v) is 6.48. The van der Waals surface area contributed by atoms with Crippen LogP contribution in [-0.2, 0) is 0 Å². The van der Waals surface area contributed by atoms with Gasteiger partial charge in [-0.3, -0.25) is 20.2 Å². The van der Waals surface area contributed by atoms with Gasteiger partial charge in [-0.2, -0.15) is 4.98 Å². The van der Waals surface area contributed by atoms with Crippen LogP contribution in [0.15, 0.2) is 34.8 Å². The maximum atomic E-state index is 10.9. The number of benzene rings is 1. The van der Waals surface area contributed by atoms with Gasteiger partial charge in [0.25, 0.3) is 5.69 Å². The molecule has 0 spiro atoms. The molecule has 1 heterocycles. The van der Waals surface area contributed by atoms with Crippen LogP contribution in [0.1, 0.15) is 0 Å². The molecule has 10 heteroatoms. The molecule has 0 bridgehead atoms. The smallest absolute Gasteiger partial charge is 0.331 e. The highest BCUT2D eigenvalue weighted by atomic mass is 79.9. The minimum atomic E-state index is -0.691. The Bertz CT molecular complexity index is 740. The summed E-state index contributed by atoms with van der Waals surface area (Å²) in [5, 5.41) is 21.6. The summed E-state index contributed by atoms with van der Waals surface area (Å²) in [5.74, 6) is -0.337. The molecule has 0 amide bonds. The lowest BCUT2D eigenvalue weighted by Gasteiger charge is -2.07. The molecule has 2 rings (SSSR count). The lowest BCUT2D eigenvalue weighted by Crippen LogP contribution is -1.97. The Labute approximate surface area is 130 Å². The number of rotatable bonds is 4. The molecule has 0 atom stereocenters. The average molecular weight is 375 g/mol. The molecule has 21 heavy (non-hydrogen) atoms. The number of aromatic nitrogens is 1. The maximum Gasteiger partial charge on any atom is 0.331 e. The second-order valence-electron chi connectivity index (χ2n) is 3.69. The second-order valence-corrected chi connectivity index (χ2v) is 4.93. The van der Waals surface area contributed by atoms with Gasteiger partial charge >= 0.3 is 11.6 Å². The van der Waals surface area contributed by atoms with E-state index >= 15 is 0 Å². The predicted molar refractivity (Wildman–Crippen MR) is 76.8 cm³/mol. The lowest BCUT2D eigenvalue weighted by molar-refractivity contribution is -0.386. The third kappa shape index (κ3) is 3.44. The van der Waals surface area contributed by atoms with Gasteiger partial charge in [-0.15, -0.1) is 0 Å². The number of nitro groups is 2. The summed E-state index contributed by atoms with van der Waals surface area (Å²) < 4.78 is 5.66. The Kier molecular flexibility index (Phi) is 4.34. The SMILES string of the molecule is O=[N+]([O-])c1ccc(Br)c(Oc2nc(Cl)ccc2[N+](=O)[O-])c1. The van der Waals surface area contributed by atoms with Crippen molar-refractivity contribution in [1.29, 1.82) is 0 Å². The van der Waals surface area contributed by atoms with Crippen molar-refractivity contribution in [3.63, 3.8) is 0 Å². The zero-order chi connectivity index (χ0) is 15.6. The van der Waals surface area contributed by atoms with Gasteiger partial charge in [0.2, 0.25) is 0 Å². The maximum absolute atomic E-state index is 10.9. The summed E-state index contributed by atoms with van der Waals surface area (Å²) >= 11 is 8.81. The van der Waals surface area contributed by atoms with Gasteiger partial charge in [0, 0.05) is 12.1 Å². The minimum absolute atomic E-state index is 0.00264. The van der Waals surface area contributed by atoms with E-state index in [0.29, 0.717) is 4.47 Å². The fourth-order valence-electron chi connectivity index (χ4n) is 1.41. The monoisotopic (exact) mass is 373 g/mol. The van der Waals surface area contributed by atoms with Gasteiger partial charge in [-0.25, -0.2) is 0 Å². The van der Waals surface area contributed by atoms with E-state index in [1.165, 1.54) is 18.2 Å². The van der Waals surface area contributed by atoms with Crippen LogP contribution in [0.4, 0.5) is 11.4 Å². The normalized spacial score (nSPS) is 10.2. The molecule has 0 aliphatic carbocycles. The number of non-ortho nitro benzene ring substituents is 1. The summed E-state index contributed by atoms with van der Waals surface area (Å²) in [4.78, 5) is 24.1. The van der Waals surface area contributed by atoms with Crippen molar-refractivity contribution in [3.8, 4) is 11.6 Å². The van der Waals surface area contributed by atoms with Gasteiger partial charge in [-0.05, 0) is 28.1 Å². The predicted octanol–water partition coefficient (Wildman–Crippen LogP) is 4.11. The van der Waals surface area contributed by atoms with Crippen LogP contribution >= 0.6 is 27.5 Å². The van der Waals surface area contributed by atoms with E-state index in [1.54, 1.807) is 0 Å². The van der Waals surface area contributed by atoms with Gasteiger partial charge in [0.15, 0.2) is 5.75 Å². The summed E-state index contributed by atoms with van der Waals surface area (Å²) in [6.07, 6.45) is 0. The van der Waals surface area contributed by atoms with E-state index in [9.17, 15) is 20.2 Å². The molecule has 1 aromatic heterocycles. The van der Waals surface area contributed by atoms with Gasteiger partial charge in [0.1, 0.15) is 5.15 Å². The molecule has 0 saturated heterocycles. The van der Waals surface area contributed by atoms with E-state index in [1.807, 2.05) is 0 Å². The minimum Gasteiger partial charge on any atom is -0.432 e. The third-order valence-corrected chi connectivity index (χ3v) is 3.20. The Morgan fingerprint density at radius 1 is 1.14 bits per heavy atom. The number of nitrogens with zero attached hydrogens (tertiary/aromatic N) is 3. The lowest BCUT2D eigenvalue weighted by atomic mass is 10.3. The summed E-state index contributed by atoms with van der Waals surface area (Å²) in [7, 11) is 0. The molecular formula is C11H5BrClN3O5. The number of nitro benzene ring substituents is 1. The molecule has 8 nitrogen and oxygen atoms in total. The molecule has 0 N–H and O–H groups in total. The molecular weight excluding hydrogens is 369 g/mol. The number of halogens is 2. The molecule has 1 aromatic carbocycles. The fraction of sp³-hybridized carbons (Fsp3) is 0. The zero-order valence-electron chi connectivity index (χ0n) is 10.0. The van der Waals surface area contributed by atoms with Crippen LogP contribution < -0.4 is 4.74 Å². The van der Waals surface area contributed by atoms with E-state index in [-0.39, 0.29) is 22.5 Å². The number of hydrogen-bond donors (Lipinski definition) is 0. The van der Waals surface area contributed by atoms with E-state index in [2.05, 4.69) is 20.9 Å². The summed E-state index contributed by atoms with van der Waals surface area (Å²) in [6, 6.07) is 6.15. The van der Waals surface area contributed by atoms with Gasteiger partial charge in [0.05, 0.1) is 20.4 Å². The van der Waals surface area contributed by atoms with Crippen LogP contribution in [0.5, 0.6) is 11.6 Å². The Hall–Kier alpha value is -2.26. The van der Waals surface area contributed by atoms with E-state index < -0.39 is 15.5 Å². The average Bonchev–Trinajstić information content (AvgIpc) is 2.40. The van der Waals surface area contributed by atoms with Crippen LogP contribution in [0.3, 0.4) is 0 Å². The zero-order valence-corrected chi connectivity index (χ0v) is 12.4. The van der Waals surface area contributed by atoms with Gasteiger partial charge < -0.3 is 4.74 Å². The molecule has 0 saturated carbocycles. The Morgan fingerprint density at radius 2 is 1.86 bits per heavy atom. The van der Waals surface area contributed by atoms with Crippen LogP contribution in [0, 0.1) is 20.2 Å². The molecule has 2 aromatic rings. The topological polar surface area (TPSA) is 108 Å². The summed E-state index contributed by atoms with van der Waals surface area (Å²) in [6.45, 7) is 0. The largest absolute Gasteiger partial charge is 0.432 e. The number of pyridine rings is 1. The molecule has 0 radical (unpaired) electrons. The molecule has 0 aliphatic heterocycles. The van der Waals surface area contributed by atoms with Crippen LogP contribution in [0.2, 0.25) is 5.15 Å². The Morgan fingerprint density at radius 3 is 2.48 bits per heavy atom. The van der Waals surface area contributed by atoms with Crippen molar-refractivity contribution >= 4 is 38.9 Å². The third-order valence-electron chi connectivity index (χ3n) is 2.34. The van der Waals surface area contributed by atoms with Crippen molar-refractivity contribution in [3.05, 3.63) is 60.2 Å². The van der Waals surface area contributed by atoms with E-state index in [4.69, 9.17) is 16.3 Å². The highest BCUT2D eigenvalue weighted by Crippen LogP contribution is 2.36. The molecule has 0 unspecified atom stereocenters. The molecule has 108 valence electrons. The summed E-state index contributed by atoms with van der Waals surface area (Å²) in [5.41, 5.74) is -0.629. The van der Waals surface area contributed by atoms with Crippen molar-refractivity contribution < 1.29 is 14.6 Å². The van der Waals surface area contributed by atoms with Crippen molar-refractivity contribution in [2.75, 3.05) is 0 Å². The first-order chi connectivity index (χ1) is 9.88. The fourth-order valence-corrected chi connectivity index (χ4v) is 1.88. The van der Waals surface area contributed by atoms with Crippen LogP contribution in [0.25, 0.3) is 0 Å².